The van der Waals surface area contributed by atoms with Crippen molar-refractivity contribution in [1.82, 2.24) is 0 Å². The lowest BCUT2D eigenvalue weighted by atomic mass is 9.99. The third-order valence-corrected chi connectivity index (χ3v) is 10.7. The maximum absolute atomic E-state index is 12.8. The Morgan fingerprint density at radius 1 is 0.525 bits per heavy atom. The molecule has 1 aliphatic rings. The largest absolute Gasteiger partial charge is 0.462 e. The van der Waals surface area contributed by atoms with Crippen LogP contribution in [0.3, 0.4) is 0 Å². The molecule has 0 aliphatic carbocycles. The summed E-state index contributed by atoms with van der Waals surface area (Å²) < 4.78 is 22.1. The second kappa shape index (κ2) is 39.8. The van der Waals surface area contributed by atoms with Crippen LogP contribution in [0.1, 0.15) is 194 Å². The minimum Gasteiger partial charge on any atom is -0.462 e. The summed E-state index contributed by atoms with van der Waals surface area (Å²) in [5.74, 6) is -0.849. The number of allylic oxidation sites excluding steroid dienone is 8. The van der Waals surface area contributed by atoms with Crippen molar-refractivity contribution in [2.75, 3.05) is 19.8 Å². The van der Waals surface area contributed by atoms with Gasteiger partial charge in [0.25, 0.3) is 0 Å². The van der Waals surface area contributed by atoms with E-state index in [1.54, 1.807) is 0 Å². The average Bonchev–Trinajstić information content (AvgIpc) is 3.23. The first-order valence-corrected chi connectivity index (χ1v) is 23.7. The van der Waals surface area contributed by atoms with Gasteiger partial charge in [0.05, 0.1) is 13.2 Å². The molecule has 1 fully saturated rings. The summed E-state index contributed by atoms with van der Waals surface area (Å²) in [6.07, 6.45) is 39.7. The molecule has 0 bridgehead atoms. The number of hydrogen-bond acceptors (Lipinski definition) is 10. The SMILES string of the molecule is CCCCC/C=C/C/C=C/CCCCCCCCCCCC(=O)OC[C@@H](CO[C@H]1O[C@@H](CO)[C@@H](O)C(O)C1O)OC(=O)CCCC/C=C/C/C=C/CCCCCCCC. The lowest BCUT2D eigenvalue weighted by molar-refractivity contribution is -0.305. The third kappa shape index (κ3) is 31.2. The molecule has 2 unspecified atom stereocenters. The summed E-state index contributed by atoms with van der Waals surface area (Å²) in [7, 11) is 0. The zero-order valence-corrected chi connectivity index (χ0v) is 37.2. The second-order valence-corrected chi connectivity index (χ2v) is 16.2. The lowest BCUT2D eigenvalue weighted by Gasteiger charge is -2.39. The molecule has 59 heavy (non-hydrogen) atoms. The van der Waals surface area contributed by atoms with Crippen LogP contribution < -0.4 is 0 Å². The number of carbonyl (C=O) groups is 2. The van der Waals surface area contributed by atoms with Crippen molar-refractivity contribution in [3.05, 3.63) is 48.6 Å². The number of aliphatic hydroxyl groups excluding tert-OH is 4. The molecule has 4 N–H and O–H groups in total. The highest BCUT2D eigenvalue weighted by molar-refractivity contribution is 5.70. The van der Waals surface area contributed by atoms with Crippen molar-refractivity contribution in [2.24, 2.45) is 0 Å². The number of rotatable bonds is 39. The molecule has 0 aromatic carbocycles. The van der Waals surface area contributed by atoms with E-state index in [-0.39, 0.29) is 32.0 Å². The number of esters is 2. The molecule has 1 heterocycles. The predicted molar refractivity (Wildman–Crippen MR) is 238 cm³/mol. The smallest absolute Gasteiger partial charge is 0.306 e. The zero-order valence-electron chi connectivity index (χ0n) is 37.2. The van der Waals surface area contributed by atoms with Gasteiger partial charge in [0.1, 0.15) is 31.0 Å². The quantitative estimate of drug-likeness (QED) is 0.0267. The molecular weight excluding hydrogens is 749 g/mol. The Morgan fingerprint density at radius 3 is 1.47 bits per heavy atom. The molecule has 0 radical (unpaired) electrons. The Hall–Kier alpha value is -2.34. The first-order valence-electron chi connectivity index (χ1n) is 23.7. The van der Waals surface area contributed by atoms with Gasteiger partial charge < -0.3 is 39.4 Å². The highest BCUT2D eigenvalue weighted by Gasteiger charge is 2.44. The van der Waals surface area contributed by atoms with Crippen LogP contribution in [0.4, 0.5) is 0 Å². The Bertz CT molecular complexity index is 1100. The molecular formula is C49H86O10. The van der Waals surface area contributed by atoms with Gasteiger partial charge >= 0.3 is 11.9 Å². The summed E-state index contributed by atoms with van der Waals surface area (Å²) >= 11 is 0. The Kier molecular flexibility index (Phi) is 36.9. The molecule has 10 nitrogen and oxygen atoms in total. The molecule has 1 aliphatic heterocycles. The highest BCUT2D eigenvalue weighted by Crippen LogP contribution is 2.22. The van der Waals surface area contributed by atoms with Gasteiger partial charge in [0.2, 0.25) is 0 Å². The first-order chi connectivity index (χ1) is 28.8. The predicted octanol–water partition coefficient (Wildman–Crippen LogP) is 10.4. The van der Waals surface area contributed by atoms with Crippen molar-refractivity contribution in [3.63, 3.8) is 0 Å². The summed E-state index contributed by atoms with van der Waals surface area (Å²) in [5.41, 5.74) is 0. The van der Waals surface area contributed by atoms with Crippen LogP contribution in [-0.4, -0.2) is 89.0 Å². The zero-order chi connectivity index (χ0) is 43.0. The van der Waals surface area contributed by atoms with Crippen molar-refractivity contribution in [3.8, 4) is 0 Å². The molecule has 1 saturated heterocycles. The maximum atomic E-state index is 12.8. The third-order valence-electron chi connectivity index (χ3n) is 10.7. The van der Waals surface area contributed by atoms with Gasteiger partial charge in [-0.15, -0.1) is 0 Å². The minimum atomic E-state index is -1.60. The highest BCUT2D eigenvalue weighted by atomic mass is 16.7. The van der Waals surface area contributed by atoms with E-state index in [0.29, 0.717) is 6.42 Å². The topological polar surface area (TPSA) is 152 Å². The Balaban J connectivity index is 2.32. The van der Waals surface area contributed by atoms with Gasteiger partial charge in [0, 0.05) is 12.8 Å². The maximum Gasteiger partial charge on any atom is 0.306 e. The van der Waals surface area contributed by atoms with Crippen molar-refractivity contribution in [1.29, 1.82) is 0 Å². The summed E-state index contributed by atoms with van der Waals surface area (Å²) in [4.78, 5) is 25.4. The van der Waals surface area contributed by atoms with E-state index in [0.717, 1.165) is 64.2 Å². The van der Waals surface area contributed by atoms with Gasteiger partial charge in [-0.05, 0) is 77.0 Å². The van der Waals surface area contributed by atoms with Crippen LogP contribution in [0.15, 0.2) is 48.6 Å². The van der Waals surface area contributed by atoms with E-state index in [1.165, 1.54) is 96.3 Å². The second-order valence-electron chi connectivity index (χ2n) is 16.2. The average molecular weight is 835 g/mol. The van der Waals surface area contributed by atoms with Gasteiger partial charge in [-0.25, -0.2) is 0 Å². The number of aliphatic hydroxyl groups is 4. The van der Waals surface area contributed by atoms with E-state index in [4.69, 9.17) is 18.9 Å². The molecule has 342 valence electrons. The first kappa shape index (κ1) is 54.7. The van der Waals surface area contributed by atoms with E-state index in [9.17, 15) is 30.0 Å². The number of unbranched alkanes of at least 4 members (excludes halogenated alkanes) is 20. The van der Waals surface area contributed by atoms with Crippen LogP contribution >= 0.6 is 0 Å². The monoisotopic (exact) mass is 835 g/mol. The van der Waals surface area contributed by atoms with Crippen LogP contribution in [0.2, 0.25) is 0 Å². The van der Waals surface area contributed by atoms with Crippen LogP contribution in [0.25, 0.3) is 0 Å². The molecule has 1 rings (SSSR count). The number of carbonyl (C=O) groups excluding carboxylic acids is 2. The molecule has 0 aromatic heterocycles. The van der Waals surface area contributed by atoms with Crippen LogP contribution in [0, 0.1) is 0 Å². The van der Waals surface area contributed by atoms with Crippen LogP contribution in [0.5, 0.6) is 0 Å². The van der Waals surface area contributed by atoms with E-state index >= 15 is 0 Å². The lowest BCUT2D eigenvalue weighted by Crippen LogP contribution is -2.59. The Morgan fingerprint density at radius 2 is 0.949 bits per heavy atom. The fourth-order valence-electron chi connectivity index (χ4n) is 6.89. The number of hydrogen-bond donors (Lipinski definition) is 4. The van der Waals surface area contributed by atoms with Gasteiger partial charge in [0.15, 0.2) is 12.4 Å². The molecule has 10 heteroatoms. The fourth-order valence-corrected chi connectivity index (χ4v) is 6.89. The standard InChI is InChI=1S/C49H86O10/c1-3-5-7-9-11-13-15-17-19-20-21-22-24-25-27-29-31-33-35-37-44(51)56-40-42(41-57-49-48(55)47(54)46(53)43(39-50)59-49)58-45(52)38-36-34-32-30-28-26-23-18-16-14-12-10-8-6-4-2/h11,13,17-19,23,28,30,42-43,46-50,53-55H,3-10,12,14-16,20-22,24-27,29,31-41H2,1-2H3/b13-11+,19-17+,23-18+,30-28+/t42-,43-,46+,47?,48?,49-/m0/s1. The van der Waals surface area contributed by atoms with Gasteiger partial charge in [-0.2, -0.15) is 0 Å². The normalized spacial score (nSPS) is 20.4. The summed E-state index contributed by atoms with van der Waals surface area (Å²) in [5, 5.41) is 40.1. The van der Waals surface area contributed by atoms with Crippen LogP contribution in [-0.2, 0) is 28.5 Å². The molecule has 6 atom stereocenters. The van der Waals surface area contributed by atoms with Gasteiger partial charge in [-0.3, -0.25) is 9.59 Å². The Labute approximate surface area is 358 Å². The molecule has 0 saturated carbocycles. The van der Waals surface area contributed by atoms with Gasteiger partial charge in [-0.1, -0.05) is 152 Å². The molecule has 0 aromatic rings. The van der Waals surface area contributed by atoms with Crippen molar-refractivity contribution < 1.29 is 49.0 Å². The minimum absolute atomic E-state index is 0.186. The van der Waals surface area contributed by atoms with Crippen molar-refractivity contribution >= 4 is 11.9 Å². The number of ether oxygens (including phenoxy) is 4. The summed E-state index contributed by atoms with van der Waals surface area (Å²) in [6.45, 7) is 3.36. The van der Waals surface area contributed by atoms with E-state index < -0.39 is 49.4 Å². The van der Waals surface area contributed by atoms with Crippen molar-refractivity contribution in [2.45, 2.75) is 230 Å². The molecule has 0 amide bonds. The van der Waals surface area contributed by atoms with E-state index in [2.05, 4.69) is 62.5 Å². The van der Waals surface area contributed by atoms with E-state index in [1.807, 2.05) is 0 Å². The molecule has 0 spiro atoms. The summed E-state index contributed by atoms with van der Waals surface area (Å²) in [6, 6.07) is 0. The fraction of sp³-hybridized carbons (Fsp3) is 0.796.